The summed E-state index contributed by atoms with van der Waals surface area (Å²) in [5.41, 5.74) is 6.30. The fraction of sp³-hybridized carbons (Fsp3) is 0.571. The number of nitrogens with zero attached hydrogens (tertiary/aromatic N) is 3. The van der Waals surface area contributed by atoms with Gasteiger partial charge in [-0.3, -0.25) is 9.69 Å². The SMILES string of the molecule is CCC(C(N)=NO)N1CCN(C(=O)c2coc(C)c2)CC1. The Kier molecular flexibility index (Phi) is 4.85. The number of piperazine rings is 1. The van der Waals surface area contributed by atoms with Gasteiger partial charge in [0.05, 0.1) is 11.6 Å². The first-order valence-corrected chi connectivity index (χ1v) is 7.12. The van der Waals surface area contributed by atoms with Crippen LogP contribution >= 0.6 is 0 Å². The second kappa shape index (κ2) is 6.62. The summed E-state index contributed by atoms with van der Waals surface area (Å²) < 4.78 is 5.18. The second-order valence-electron chi connectivity index (χ2n) is 5.22. The Morgan fingerprint density at radius 3 is 2.62 bits per heavy atom. The average molecular weight is 294 g/mol. The van der Waals surface area contributed by atoms with Crippen LogP contribution in [-0.2, 0) is 0 Å². The van der Waals surface area contributed by atoms with Gasteiger partial charge in [-0.15, -0.1) is 0 Å². The molecule has 0 spiro atoms. The molecule has 0 saturated carbocycles. The van der Waals surface area contributed by atoms with Crippen molar-refractivity contribution in [2.24, 2.45) is 10.9 Å². The van der Waals surface area contributed by atoms with Gasteiger partial charge in [0.25, 0.3) is 5.91 Å². The van der Waals surface area contributed by atoms with Gasteiger partial charge >= 0.3 is 0 Å². The number of carbonyl (C=O) groups excluding carboxylic acids is 1. The van der Waals surface area contributed by atoms with E-state index in [0.29, 0.717) is 31.7 Å². The monoisotopic (exact) mass is 294 g/mol. The molecule has 0 bridgehead atoms. The third-order valence-corrected chi connectivity index (χ3v) is 3.86. The van der Waals surface area contributed by atoms with Crippen molar-refractivity contribution in [3.05, 3.63) is 23.7 Å². The summed E-state index contributed by atoms with van der Waals surface area (Å²) in [5.74, 6) is 0.945. The number of rotatable bonds is 4. The van der Waals surface area contributed by atoms with Gasteiger partial charge < -0.3 is 20.3 Å². The van der Waals surface area contributed by atoms with E-state index >= 15 is 0 Å². The summed E-state index contributed by atoms with van der Waals surface area (Å²) >= 11 is 0. The van der Waals surface area contributed by atoms with E-state index in [4.69, 9.17) is 15.4 Å². The van der Waals surface area contributed by atoms with Gasteiger partial charge in [-0.25, -0.2) is 0 Å². The zero-order valence-corrected chi connectivity index (χ0v) is 12.5. The fourth-order valence-corrected chi connectivity index (χ4v) is 2.70. The van der Waals surface area contributed by atoms with Crippen LogP contribution in [0.5, 0.6) is 0 Å². The molecule has 1 aliphatic heterocycles. The highest BCUT2D eigenvalue weighted by Crippen LogP contribution is 2.14. The molecule has 1 amide bonds. The Morgan fingerprint density at radius 2 is 2.14 bits per heavy atom. The van der Waals surface area contributed by atoms with Gasteiger partial charge in [0.2, 0.25) is 0 Å². The summed E-state index contributed by atoms with van der Waals surface area (Å²) in [5, 5.41) is 11.9. The smallest absolute Gasteiger partial charge is 0.257 e. The van der Waals surface area contributed by atoms with Crippen LogP contribution in [0.2, 0.25) is 0 Å². The Balaban J connectivity index is 1.95. The van der Waals surface area contributed by atoms with Gasteiger partial charge in [0.15, 0.2) is 5.84 Å². The van der Waals surface area contributed by atoms with Crippen LogP contribution in [0.1, 0.15) is 29.5 Å². The Hall–Kier alpha value is -2.02. The molecule has 21 heavy (non-hydrogen) atoms. The van der Waals surface area contributed by atoms with Crippen LogP contribution in [0.3, 0.4) is 0 Å². The fourth-order valence-electron chi connectivity index (χ4n) is 2.70. The third-order valence-electron chi connectivity index (χ3n) is 3.86. The highest BCUT2D eigenvalue weighted by atomic mass is 16.4. The lowest BCUT2D eigenvalue weighted by molar-refractivity contribution is 0.0608. The zero-order valence-electron chi connectivity index (χ0n) is 12.5. The molecule has 2 heterocycles. The van der Waals surface area contributed by atoms with Gasteiger partial charge in [-0.1, -0.05) is 12.1 Å². The third kappa shape index (κ3) is 3.36. The molecule has 1 atom stereocenters. The number of furan rings is 1. The molecule has 0 aliphatic carbocycles. The molecule has 1 saturated heterocycles. The van der Waals surface area contributed by atoms with Gasteiger partial charge in [0.1, 0.15) is 12.0 Å². The van der Waals surface area contributed by atoms with Crippen LogP contribution < -0.4 is 5.73 Å². The maximum atomic E-state index is 12.3. The largest absolute Gasteiger partial charge is 0.469 e. The molecule has 1 unspecified atom stereocenters. The van der Waals surface area contributed by atoms with Crippen molar-refractivity contribution in [1.82, 2.24) is 9.80 Å². The van der Waals surface area contributed by atoms with E-state index in [1.165, 1.54) is 6.26 Å². The second-order valence-corrected chi connectivity index (χ2v) is 5.22. The van der Waals surface area contributed by atoms with Crippen LogP contribution in [-0.4, -0.2) is 59.0 Å². The lowest BCUT2D eigenvalue weighted by Gasteiger charge is -2.38. The van der Waals surface area contributed by atoms with E-state index in [9.17, 15) is 4.79 Å². The number of amides is 1. The van der Waals surface area contributed by atoms with E-state index in [0.717, 1.165) is 12.2 Å². The lowest BCUT2D eigenvalue weighted by atomic mass is 10.1. The minimum Gasteiger partial charge on any atom is -0.469 e. The molecule has 3 N–H and O–H groups in total. The molecule has 7 nitrogen and oxygen atoms in total. The van der Waals surface area contributed by atoms with Crippen molar-refractivity contribution >= 4 is 11.7 Å². The van der Waals surface area contributed by atoms with Crippen LogP contribution in [0.4, 0.5) is 0 Å². The minimum atomic E-state index is -0.0802. The molecule has 1 aromatic heterocycles. The Morgan fingerprint density at radius 1 is 1.48 bits per heavy atom. The Labute approximate surface area is 124 Å². The number of hydrogen-bond donors (Lipinski definition) is 2. The van der Waals surface area contributed by atoms with Crippen molar-refractivity contribution in [2.75, 3.05) is 26.2 Å². The first-order valence-electron chi connectivity index (χ1n) is 7.12. The predicted molar refractivity (Wildman–Crippen MR) is 78.4 cm³/mol. The van der Waals surface area contributed by atoms with Crippen molar-refractivity contribution in [3.63, 3.8) is 0 Å². The number of nitrogens with two attached hydrogens (primary N) is 1. The molecule has 1 aliphatic rings. The highest BCUT2D eigenvalue weighted by molar-refractivity contribution is 5.94. The maximum absolute atomic E-state index is 12.3. The van der Waals surface area contributed by atoms with Gasteiger partial charge in [0, 0.05) is 26.2 Å². The summed E-state index contributed by atoms with van der Waals surface area (Å²) in [6, 6.07) is 1.67. The van der Waals surface area contributed by atoms with Crippen molar-refractivity contribution in [1.29, 1.82) is 0 Å². The normalized spacial score (nSPS) is 18.8. The molecule has 2 rings (SSSR count). The number of carbonyl (C=O) groups is 1. The zero-order chi connectivity index (χ0) is 15.4. The van der Waals surface area contributed by atoms with E-state index in [1.807, 2.05) is 13.8 Å². The number of aryl methyl sites for hydroxylation is 1. The number of oxime groups is 1. The molecule has 7 heteroatoms. The van der Waals surface area contributed by atoms with E-state index < -0.39 is 0 Å². The summed E-state index contributed by atoms with van der Waals surface area (Å²) in [6.07, 6.45) is 2.26. The van der Waals surface area contributed by atoms with Crippen molar-refractivity contribution in [2.45, 2.75) is 26.3 Å². The average Bonchev–Trinajstić information content (AvgIpc) is 2.94. The Bertz CT molecular complexity index is 518. The summed E-state index contributed by atoms with van der Waals surface area (Å²) in [6.45, 7) is 6.47. The van der Waals surface area contributed by atoms with Crippen LogP contribution in [0.15, 0.2) is 21.9 Å². The minimum absolute atomic E-state index is 0.0108. The van der Waals surface area contributed by atoms with Crippen LogP contribution in [0, 0.1) is 6.92 Å². The first kappa shape index (κ1) is 15.4. The predicted octanol–water partition coefficient (Wildman–Crippen LogP) is 0.871. The molecular formula is C14H22N4O3. The highest BCUT2D eigenvalue weighted by Gasteiger charge is 2.28. The molecule has 0 aromatic carbocycles. The lowest BCUT2D eigenvalue weighted by Crippen LogP contribution is -2.55. The molecule has 0 radical (unpaired) electrons. The van der Waals surface area contributed by atoms with Crippen LogP contribution in [0.25, 0.3) is 0 Å². The quantitative estimate of drug-likeness (QED) is 0.372. The molecule has 1 aromatic rings. The van der Waals surface area contributed by atoms with E-state index in [2.05, 4.69) is 10.1 Å². The van der Waals surface area contributed by atoms with Crippen molar-refractivity contribution in [3.8, 4) is 0 Å². The van der Waals surface area contributed by atoms with Gasteiger partial charge in [-0.05, 0) is 19.4 Å². The molecular weight excluding hydrogens is 272 g/mol. The number of hydrogen-bond acceptors (Lipinski definition) is 5. The molecule has 1 fully saturated rings. The standard InChI is InChI=1S/C14H22N4O3/c1-3-12(13(15)16-20)17-4-6-18(7-5-17)14(19)11-8-10(2)21-9-11/h8-9,12,20H,3-7H2,1-2H3,(H2,15,16). The number of amidine groups is 1. The van der Waals surface area contributed by atoms with Gasteiger partial charge in [-0.2, -0.15) is 0 Å². The van der Waals surface area contributed by atoms with E-state index in [-0.39, 0.29) is 17.8 Å². The van der Waals surface area contributed by atoms with Crippen molar-refractivity contribution < 1.29 is 14.4 Å². The summed E-state index contributed by atoms with van der Waals surface area (Å²) in [4.78, 5) is 16.3. The van der Waals surface area contributed by atoms with E-state index in [1.54, 1.807) is 11.0 Å². The summed E-state index contributed by atoms with van der Waals surface area (Å²) in [7, 11) is 0. The molecule has 116 valence electrons. The first-order chi connectivity index (χ1) is 10.1. The topological polar surface area (TPSA) is 95.3 Å². The maximum Gasteiger partial charge on any atom is 0.257 e.